The molecule has 86 valence electrons. The molecule has 2 rings (SSSR count). The zero-order chi connectivity index (χ0) is 11.4. The first-order valence-electron chi connectivity index (χ1n) is 5.15. The number of nitrogens with zero attached hydrogens (tertiary/aromatic N) is 3. The van der Waals surface area contributed by atoms with Gasteiger partial charge in [-0.2, -0.15) is 0 Å². The molecule has 1 fully saturated rings. The van der Waals surface area contributed by atoms with Gasteiger partial charge in [-0.05, 0) is 6.42 Å². The fourth-order valence-corrected chi connectivity index (χ4v) is 1.54. The average molecular weight is 223 g/mol. The molecule has 1 aliphatic heterocycles. The van der Waals surface area contributed by atoms with Crippen LogP contribution < -0.4 is 4.90 Å². The van der Waals surface area contributed by atoms with E-state index in [4.69, 9.17) is 9.84 Å². The van der Waals surface area contributed by atoms with Crippen molar-refractivity contribution in [2.75, 3.05) is 31.2 Å². The van der Waals surface area contributed by atoms with Crippen LogP contribution in [0.3, 0.4) is 0 Å². The van der Waals surface area contributed by atoms with E-state index in [1.54, 1.807) is 0 Å². The van der Waals surface area contributed by atoms with E-state index < -0.39 is 5.97 Å². The monoisotopic (exact) mass is 223 g/mol. The Labute approximate surface area is 92.9 Å². The van der Waals surface area contributed by atoms with Crippen molar-refractivity contribution in [3.05, 3.63) is 18.0 Å². The van der Waals surface area contributed by atoms with Gasteiger partial charge in [-0.1, -0.05) is 0 Å². The van der Waals surface area contributed by atoms with Crippen molar-refractivity contribution in [2.45, 2.75) is 6.42 Å². The molecule has 6 nitrogen and oxygen atoms in total. The summed E-state index contributed by atoms with van der Waals surface area (Å²) in [5.74, 6) is -0.443. The molecule has 1 saturated heterocycles. The average Bonchev–Trinajstić information content (AvgIpc) is 2.57. The molecule has 0 aliphatic carbocycles. The van der Waals surface area contributed by atoms with Crippen molar-refractivity contribution in [1.29, 1.82) is 0 Å². The van der Waals surface area contributed by atoms with Gasteiger partial charge in [0.05, 0.1) is 12.2 Å². The van der Waals surface area contributed by atoms with E-state index in [0.717, 1.165) is 26.1 Å². The van der Waals surface area contributed by atoms with Gasteiger partial charge in [-0.25, -0.2) is 14.8 Å². The van der Waals surface area contributed by atoms with Crippen LogP contribution in [0.4, 0.5) is 5.95 Å². The Kier molecular flexibility index (Phi) is 3.31. The second-order valence-corrected chi connectivity index (χ2v) is 3.53. The fraction of sp³-hybridized carbons (Fsp3) is 0.500. The molecule has 1 aliphatic rings. The van der Waals surface area contributed by atoms with E-state index in [-0.39, 0.29) is 5.56 Å². The lowest BCUT2D eigenvalue weighted by Gasteiger charge is -2.18. The van der Waals surface area contributed by atoms with Crippen molar-refractivity contribution >= 4 is 11.9 Å². The highest BCUT2D eigenvalue weighted by Gasteiger charge is 2.13. The minimum atomic E-state index is -1.01. The maximum Gasteiger partial charge on any atom is 0.338 e. The lowest BCUT2D eigenvalue weighted by Crippen LogP contribution is -2.27. The van der Waals surface area contributed by atoms with E-state index in [0.29, 0.717) is 12.6 Å². The molecule has 16 heavy (non-hydrogen) atoms. The molecular formula is C10H13N3O3. The molecule has 0 bridgehead atoms. The second-order valence-electron chi connectivity index (χ2n) is 3.53. The Bertz CT molecular complexity index is 358. The minimum Gasteiger partial charge on any atom is -0.478 e. The number of carboxylic acid groups (broad SMARTS) is 1. The summed E-state index contributed by atoms with van der Waals surface area (Å²) in [5, 5.41) is 8.72. The van der Waals surface area contributed by atoms with Crippen molar-refractivity contribution in [1.82, 2.24) is 9.97 Å². The summed E-state index contributed by atoms with van der Waals surface area (Å²) in [7, 11) is 0. The van der Waals surface area contributed by atoms with Gasteiger partial charge in [0.25, 0.3) is 0 Å². The van der Waals surface area contributed by atoms with Crippen LogP contribution in [-0.4, -0.2) is 47.3 Å². The molecule has 1 N–H and O–H groups in total. The molecule has 0 spiro atoms. The summed E-state index contributed by atoms with van der Waals surface area (Å²) in [6.07, 6.45) is 3.59. The number of aromatic carboxylic acids is 1. The molecule has 1 aromatic heterocycles. The predicted octanol–water partition coefficient (Wildman–Crippen LogP) is 0.401. The Morgan fingerprint density at radius 3 is 2.75 bits per heavy atom. The van der Waals surface area contributed by atoms with Crippen molar-refractivity contribution in [3.63, 3.8) is 0 Å². The molecule has 0 radical (unpaired) electrons. The lowest BCUT2D eigenvalue weighted by atomic mass is 10.3. The largest absolute Gasteiger partial charge is 0.478 e. The van der Waals surface area contributed by atoms with Crippen LogP contribution in [-0.2, 0) is 4.74 Å². The highest BCUT2D eigenvalue weighted by atomic mass is 16.5. The zero-order valence-corrected chi connectivity index (χ0v) is 8.80. The van der Waals surface area contributed by atoms with Crippen LogP contribution >= 0.6 is 0 Å². The number of hydrogen-bond acceptors (Lipinski definition) is 5. The van der Waals surface area contributed by atoms with E-state index in [2.05, 4.69) is 9.97 Å². The Morgan fingerprint density at radius 2 is 2.06 bits per heavy atom. The van der Waals surface area contributed by atoms with Gasteiger partial charge in [0, 0.05) is 32.1 Å². The summed E-state index contributed by atoms with van der Waals surface area (Å²) >= 11 is 0. The summed E-state index contributed by atoms with van der Waals surface area (Å²) in [5.41, 5.74) is 0.106. The van der Waals surface area contributed by atoms with Gasteiger partial charge in [-0.15, -0.1) is 0 Å². The van der Waals surface area contributed by atoms with Crippen LogP contribution in [0, 0.1) is 0 Å². The Morgan fingerprint density at radius 1 is 1.31 bits per heavy atom. The maximum atomic E-state index is 10.6. The topological polar surface area (TPSA) is 75.5 Å². The molecule has 0 amide bonds. The number of rotatable bonds is 2. The first-order chi connectivity index (χ1) is 7.77. The SMILES string of the molecule is O=C(O)c1cnc(N2CCCOCC2)nc1. The van der Waals surface area contributed by atoms with Crippen LogP contribution in [0.2, 0.25) is 0 Å². The van der Waals surface area contributed by atoms with Gasteiger partial charge in [0.1, 0.15) is 0 Å². The van der Waals surface area contributed by atoms with Crippen LogP contribution in [0.5, 0.6) is 0 Å². The van der Waals surface area contributed by atoms with E-state index in [9.17, 15) is 4.79 Å². The smallest absolute Gasteiger partial charge is 0.338 e. The number of carbonyl (C=O) groups is 1. The summed E-state index contributed by atoms with van der Waals surface area (Å²) in [6.45, 7) is 2.99. The number of hydrogen-bond donors (Lipinski definition) is 1. The zero-order valence-electron chi connectivity index (χ0n) is 8.80. The third-order valence-electron chi connectivity index (χ3n) is 2.39. The van der Waals surface area contributed by atoms with Gasteiger partial charge in [0.2, 0.25) is 5.95 Å². The minimum absolute atomic E-state index is 0.106. The van der Waals surface area contributed by atoms with Crippen LogP contribution in [0.1, 0.15) is 16.8 Å². The van der Waals surface area contributed by atoms with E-state index in [1.807, 2.05) is 4.90 Å². The van der Waals surface area contributed by atoms with Crippen molar-refractivity contribution in [2.24, 2.45) is 0 Å². The standard InChI is InChI=1S/C10H13N3O3/c14-9(15)8-6-11-10(12-7-8)13-2-1-4-16-5-3-13/h6-7H,1-5H2,(H,14,15). The van der Waals surface area contributed by atoms with Gasteiger partial charge in [-0.3, -0.25) is 0 Å². The number of carboxylic acids is 1. The quantitative estimate of drug-likeness (QED) is 0.782. The summed E-state index contributed by atoms with van der Waals surface area (Å²) in [4.78, 5) is 20.7. The number of aromatic nitrogens is 2. The fourth-order valence-electron chi connectivity index (χ4n) is 1.54. The highest BCUT2D eigenvalue weighted by molar-refractivity contribution is 5.86. The van der Waals surface area contributed by atoms with Crippen molar-refractivity contribution < 1.29 is 14.6 Å². The molecule has 0 atom stereocenters. The third-order valence-corrected chi connectivity index (χ3v) is 2.39. The normalized spacial score (nSPS) is 16.9. The number of anilines is 1. The molecule has 2 heterocycles. The van der Waals surface area contributed by atoms with Gasteiger partial charge < -0.3 is 14.7 Å². The Balaban J connectivity index is 2.10. The molecular weight excluding hydrogens is 210 g/mol. The molecule has 0 aromatic carbocycles. The molecule has 6 heteroatoms. The lowest BCUT2D eigenvalue weighted by molar-refractivity contribution is 0.0696. The Hall–Kier alpha value is -1.69. The van der Waals surface area contributed by atoms with E-state index in [1.165, 1.54) is 12.4 Å². The summed E-state index contributed by atoms with van der Waals surface area (Å²) in [6, 6.07) is 0. The molecule has 0 saturated carbocycles. The molecule has 1 aromatic rings. The predicted molar refractivity (Wildman–Crippen MR) is 56.6 cm³/mol. The van der Waals surface area contributed by atoms with Gasteiger partial charge in [0.15, 0.2) is 0 Å². The highest BCUT2D eigenvalue weighted by Crippen LogP contribution is 2.09. The first kappa shape index (κ1) is 10.8. The second kappa shape index (κ2) is 4.89. The first-order valence-corrected chi connectivity index (χ1v) is 5.15. The van der Waals surface area contributed by atoms with Crippen LogP contribution in [0.15, 0.2) is 12.4 Å². The van der Waals surface area contributed by atoms with Gasteiger partial charge >= 0.3 is 5.97 Å². The maximum absolute atomic E-state index is 10.6. The van der Waals surface area contributed by atoms with E-state index >= 15 is 0 Å². The summed E-state index contributed by atoms with van der Waals surface area (Å²) < 4.78 is 5.32. The van der Waals surface area contributed by atoms with Crippen LogP contribution in [0.25, 0.3) is 0 Å². The molecule has 0 unspecified atom stereocenters. The third kappa shape index (κ3) is 2.46. The number of ether oxygens (including phenoxy) is 1. The van der Waals surface area contributed by atoms with Crippen molar-refractivity contribution in [3.8, 4) is 0 Å².